The Bertz CT molecular complexity index is 701. The molecule has 2 heterocycles. The molecule has 3 rings (SSSR count). The number of carbonyl (C=O) groups excluding carboxylic acids is 1. The van der Waals surface area contributed by atoms with Gasteiger partial charge in [0.05, 0.1) is 4.88 Å². The van der Waals surface area contributed by atoms with Crippen LogP contribution in [0.1, 0.15) is 9.67 Å². The number of carbonyl (C=O) groups is 1. The molecule has 0 atom stereocenters. The number of aromatic amines is 1. The van der Waals surface area contributed by atoms with Crippen molar-refractivity contribution in [2.45, 2.75) is 0 Å². The molecular formula is C12H7FN2OS. The molecule has 3 nitrogen and oxygen atoms in total. The third kappa shape index (κ3) is 1.55. The zero-order valence-electron chi connectivity index (χ0n) is 8.61. The van der Waals surface area contributed by atoms with Gasteiger partial charge in [0.2, 0.25) is 0 Å². The third-order valence-electron chi connectivity index (χ3n) is 2.53. The minimum atomic E-state index is -0.290. The van der Waals surface area contributed by atoms with E-state index in [1.165, 1.54) is 23.6 Å². The summed E-state index contributed by atoms with van der Waals surface area (Å²) < 4.78 is 13.7. The number of benzene rings is 1. The van der Waals surface area contributed by atoms with Crippen molar-refractivity contribution >= 4 is 28.5 Å². The van der Waals surface area contributed by atoms with Gasteiger partial charge in [-0.15, -0.1) is 11.3 Å². The topological polar surface area (TPSA) is 45.8 Å². The van der Waals surface area contributed by atoms with E-state index in [0.29, 0.717) is 20.8 Å². The maximum atomic E-state index is 13.7. The van der Waals surface area contributed by atoms with Crippen LogP contribution in [0.15, 0.2) is 30.6 Å². The Morgan fingerprint density at radius 2 is 2.29 bits per heavy atom. The fraction of sp³-hybridized carbons (Fsp3) is 0. The Hall–Kier alpha value is -2.01. The van der Waals surface area contributed by atoms with Crippen LogP contribution in [0.3, 0.4) is 0 Å². The van der Waals surface area contributed by atoms with Crippen LogP contribution in [-0.2, 0) is 0 Å². The summed E-state index contributed by atoms with van der Waals surface area (Å²) in [5.74, 6) is -0.290. The first-order valence-electron chi connectivity index (χ1n) is 4.96. The zero-order chi connectivity index (χ0) is 11.8. The molecule has 84 valence electrons. The van der Waals surface area contributed by atoms with Crippen molar-refractivity contribution in [1.29, 1.82) is 0 Å². The highest BCUT2D eigenvalue weighted by Crippen LogP contribution is 2.32. The lowest BCUT2D eigenvalue weighted by molar-refractivity contribution is 0.112. The van der Waals surface area contributed by atoms with E-state index in [1.807, 2.05) is 0 Å². The summed E-state index contributed by atoms with van der Waals surface area (Å²) >= 11 is 1.25. The summed E-state index contributed by atoms with van der Waals surface area (Å²) in [6.45, 7) is 0. The average Bonchev–Trinajstić information content (AvgIpc) is 2.94. The normalized spacial score (nSPS) is 10.9. The van der Waals surface area contributed by atoms with Crippen LogP contribution in [0.5, 0.6) is 0 Å². The van der Waals surface area contributed by atoms with Crippen molar-refractivity contribution in [3.05, 3.63) is 41.3 Å². The van der Waals surface area contributed by atoms with Gasteiger partial charge in [-0.25, -0.2) is 9.37 Å². The van der Waals surface area contributed by atoms with Crippen molar-refractivity contribution in [2.75, 3.05) is 0 Å². The molecule has 0 aliphatic carbocycles. The number of halogens is 1. The highest BCUT2D eigenvalue weighted by molar-refractivity contribution is 7.16. The van der Waals surface area contributed by atoms with Crippen molar-refractivity contribution in [3.8, 4) is 10.6 Å². The molecule has 2 aromatic heterocycles. The number of aldehydes is 1. The van der Waals surface area contributed by atoms with Crippen molar-refractivity contribution in [3.63, 3.8) is 0 Å². The molecule has 0 unspecified atom stereocenters. The Morgan fingerprint density at radius 3 is 3.06 bits per heavy atom. The lowest BCUT2D eigenvalue weighted by atomic mass is 10.2. The van der Waals surface area contributed by atoms with Crippen LogP contribution >= 0.6 is 11.3 Å². The third-order valence-corrected chi connectivity index (χ3v) is 3.48. The predicted molar refractivity (Wildman–Crippen MR) is 64.8 cm³/mol. The maximum absolute atomic E-state index is 13.7. The van der Waals surface area contributed by atoms with Gasteiger partial charge in [-0.05, 0) is 12.1 Å². The second-order valence-corrected chi connectivity index (χ2v) is 4.61. The highest BCUT2D eigenvalue weighted by Gasteiger charge is 2.13. The smallest absolute Gasteiger partial charge is 0.161 e. The summed E-state index contributed by atoms with van der Waals surface area (Å²) in [5.41, 5.74) is 1.42. The number of aromatic nitrogens is 2. The molecule has 0 bridgehead atoms. The van der Waals surface area contributed by atoms with E-state index in [-0.39, 0.29) is 5.82 Å². The van der Waals surface area contributed by atoms with E-state index in [4.69, 9.17) is 0 Å². The van der Waals surface area contributed by atoms with Crippen LogP contribution in [-0.4, -0.2) is 16.3 Å². The van der Waals surface area contributed by atoms with Gasteiger partial charge < -0.3 is 4.98 Å². The van der Waals surface area contributed by atoms with Crippen molar-refractivity contribution < 1.29 is 9.18 Å². The molecule has 1 N–H and O–H groups in total. The lowest BCUT2D eigenvalue weighted by Crippen LogP contribution is -1.78. The average molecular weight is 246 g/mol. The molecule has 0 aliphatic rings. The van der Waals surface area contributed by atoms with E-state index in [2.05, 4.69) is 9.97 Å². The molecule has 0 saturated carbocycles. The van der Waals surface area contributed by atoms with E-state index in [9.17, 15) is 9.18 Å². The first-order valence-corrected chi connectivity index (χ1v) is 5.78. The molecule has 5 heteroatoms. The summed E-state index contributed by atoms with van der Waals surface area (Å²) in [5, 5.41) is 1.16. The maximum Gasteiger partial charge on any atom is 0.161 e. The number of hydrogen-bond acceptors (Lipinski definition) is 3. The predicted octanol–water partition coefficient (Wildman–Crippen LogP) is 3.24. The van der Waals surface area contributed by atoms with Crippen molar-refractivity contribution in [2.24, 2.45) is 0 Å². The van der Waals surface area contributed by atoms with Crippen LogP contribution in [0.4, 0.5) is 4.39 Å². The minimum absolute atomic E-state index is 0.290. The molecule has 1 aromatic carbocycles. The zero-order valence-corrected chi connectivity index (χ0v) is 9.42. The van der Waals surface area contributed by atoms with Crippen LogP contribution in [0.2, 0.25) is 0 Å². The van der Waals surface area contributed by atoms with Gasteiger partial charge in [-0.1, -0.05) is 6.07 Å². The standard InChI is InChI=1S/C12H7FN2OS/c13-9-2-1-3-10-11(9)8(5-14-10)12-15-4-7(6-16)17-12/h1-6,14H. The molecule has 0 fully saturated rings. The Labute approximate surface area is 99.9 Å². The monoisotopic (exact) mass is 246 g/mol. The lowest BCUT2D eigenvalue weighted by Gasteiger charge is -1.95. The minimum Gasteiger partial charge on any atom is -0.360 e. The first kappa shape index (κ1) is 10.2. The first-order chi connectivity index (χ1) is 8.29. The highest BCUT2D eigenvalue weighted by atomic mass is 32.1. The number of H-pyrrole nitrogens is 1. The fourth-order valence-corrected chi connectivity index (χ4v) is 2.53. The number of fused-ring (bicyclic) bond motifs is 1. The number of nitrogens with one attached hydrogen (secondary N) is 1. The molecule has 0 spiro atoms. The second kappa shape index (κ2) is 3.78. The molecule has 0 amide bonds. The molecule has 17 heavy (non-hydrogen) atoms. The van der Waals surface area contributed by atoms with E-state index in [1.54, 1.807) is 18.3 Å². The molecule has 0 saturated heterocycles. The number of hydrogen-bond donors (Lipinski definition) is 1. The second-order valence-electron chi connectivity index (χ2n) is 3.55. The fourth-order valence-electron chi connectivity index (χ4n) is 1.77. The quantitative estimate of drug-likeness (QED) is 0.705. The van der Waals surface area contributed by atoms with Gasteiger partial charge in [-0.3, -0.25) is 4.79 Å². The summed E-state index contributed by atoms with van der Waals surface area (Å²) in [4.78, 5) is 18.3. The molecule has 0 aliphatic heterocycles. The molecule has 3 aromatic rings. The molecular weight excluding hydrogens is 239 g/mol. The largest absolute Gasteiger partial charge is 0.360 e. The Balaban J connectivity index is 2.27. The van der Waals surface area contributed by atoms with Gasteiger partial charge in [0.15, 0.2) is 6.29 Å². The number of thiazole rings is 1. The van der Waals surface area contributed by atoms with Crippen LogP contribution < -0.4 is 0 Å². The summed E-state index contributed by atoms with van der Waals surface area (Å²) in [6.07, 6.45) is 3.94. The van der Waals surface area contributed by atoms with E-state index in [0.717, 1.165) is 11.8 Å². The Kier molecular flexibility index (Phi) is 2.26. The summed E-state index contributed by atoms with van der Waals surface area (Å²) in [7, 11) is 0. The summed E-state index contributed by atoms with van der Waals surface area (Å²) in [6, 6.07) is 4.86. The molecule has 0 radical (unpaired) electrons. The van der Waals surface area contributed by atoms with Gasteiger partial charge in [-0.2, -0.15) is 0 Å². The van der Waals surface area contributed by atoms with Gasteiger partial charge in [0, 0.05) is 28.9 Å². The SMILES string of the molecule is O=Cc1cnc(-c2c[nH]c3cccc(F)c23)s1. The van der Waals surface area contributed by atoms with Crippen molar-refractivity contribution in [1.82, 2.24) is 9.97 Å². The number of nitrogens with zero attached hydrogens (tertiary/aromatic N) is 1. The van der Waals surface area contributed by atoms with Gasteiger partial charge in [0.1, 0.15) is 10.8 Å². The van der Waals surface area contributed by atoms with Crippen LogP contribution in [0.25, 0.3) is 21.5 Å². The number of rotatable bonds is 2. The van der Waals surface area contributed by atoms with Gasteiger partial charge in [0.25, 0.3) is 0 Å². The Morgan fingerprint density at radius 1 is 1.41 bits per heavy atom. The van der Waals surface area contributed by atoms with Gasteiger partial charge >= 0.3 is 0 Å². The van der Waals surface area contributed by atoms with Crippen LogP contribution in [0, 0.1) is 5.82 Å². The van der Waals surface area contributed by atoms with E-state index >= 15 is 0 Å². The van der Waals surface area contributed by atoms with E-state index < -0.39 is 0 Å².